The molecule has 2 aromatic heterocycles. The van der Waals surface area contributed by atoms with Gasteiger partial charge in [-0.1, -0.05) is 66.6 Å². The largest absolute Gasteiger partial charge is 0.354 e. The molecule has 0 aliphatic rings. The number of nitrogens with one attached hydrogen (secondary N) is 1. The summed E-state index contributed by atoms with van der Waals surface area (Å²) in [5, 5.41) is 4.40. The van der Waals surface area contributed by atoms with Crippen LogP contribution in [-0.2, 0) is 0 Å². The van der Waals surface area contributed by atoms with E-state index in [9.17, 15) is 0 Å². The molecular weight excluding hydrogens is 364 g/mol. The van der Waals surface area contributed by atoms with Crippen molar-refractivity contribution in [3.8, 4) is 5.69 Å². The second kappa shape index (κ2) is 5.74. The maximum atomic E-state index is 8.69. The van der Waals surface area contributed by atoms with Gasteiger partial charge in [-0.25, -0.2) is 0 Å². The third-order valence-electron chi connectivity index (χ3n) is 5.72. The van der Waals surface area contributed by atoms with Gasteiger partial charge in [-0.15, -0.1) is 0 Å². The zero-order valence-electron chi connectivity index (χ0n) is 24.6. The first kappa shape index (κ1) is 9.64. The second-order valence-corrected chi connectivity index (χ2v) is 7.28. The molecule has 2 heterocycles. The van der Waals surface area contributed by atoms with Crippen LogP contribution >= 0.6 is 0 Å². The Morgan fingerprint density at radius 3 is 2.40 bits per heavy atom. The Morgan fingerprint density at radius 1 is 0.633 bits per heavy atom. The van der Waals surface area contributed by atoms with Gasteiger partial charge in [-0.2, -0.15) is 0 Å². The third-order valence-corrected chi connectivity index (χ3v) is 5.72. The normalized spacial score (nSPS) is 16.2. The topological polar surface area (TPSA) is 20.7 Å². The molecule has 0 fully saturated rings. The summed E-state index contributed by atoms with van der Waals surface area (Å²) < 4.78 is 76.9. The molecule has 0 aliphatic carbocycles. The number of hydrogen-bond donors (Lipinski definition) is 1. The summed E-state index contributed by atoms with van der Waals surface area (Å²) in [5.41, 5.74) is 2.09. The highest BCUT2D eigenvalue weighted by Gasteiger charge is 2.16. The van der Waals surface area contributed by atoms with Crippen LogP contribution in [0.1, 0.15) is 12.3 Å². The highest BCUT2D eigenvalue weighted by Crippen LogP contribution is 2.39. The van der Waals surface area contributed by atoms with E-state index in [4.69, 9.17) is 12.3 Å². The van der Waals surface area contributed by atoms with Crippen LogP contribution in [0.2, 0.25) is 0 Å². The summed E-state index contributed by atoms with van der Waals surface area (Å²) in [6.07, 6.45) is 0. The van der Waals surface area contributed by atoms with Gasteiger partial charge < -0.3 is 9.55 Å². The van der Waals surface area contributed by atoms with Crippen molar-refractivity contribution in [3.63, 3.8) is 0 Å². The number of para-hydroxylation sites is 2. The zero-order valence-corrected chi connectivity index (χ0v) is 15.6. The average molecular weight is 392 g/mol. The highest BCUT2D eigenvalue weighted by molar-refractivity contribution is 6.24. The van der Waals surface area contributed by atoms with Crippen LogP contribution in [0.3, 0.4) is 0 Å². The van der Waals surface area contributed by atoms with Gasteiger partial charge in [-0.05, 0) is 47.1 Å². The third kappa shape index (κ3) is 2.03. The number of fused-ring (bicyclic) bond motifs is 8. The van der Waals surface area contributed by atoms with Crippen LogP contribution in [0.5, 0.6) is 0 Å². The van der Waals surface area contributed by atoms with Crippen LogP contribution in [0.15, 0.2) is 103 Å². The lowest BCUT2D eigenvalue weighted by Gasteiger charge is -2.08. The van der Waals surface area contributed by atoms with Crippen LogP contribution in [-0.4, -0.2) is 9.55 Å². The molecule has 0 spiro atoms. The summed E-state index contributed by atoms with van der Waals surface area (Å²) in [6.45, 7) is 0. The van der Waals surface area contributed by atoms with E-state index in [0.29, 0.717) is 27.3 Å². The van der Waals surface area contributed by atoms with E-state index in [1.165, 1.54) is 0 Å². The molecule has 140 valence electrons. The van der Waals surface area contributed by atoms with Crippen molar-refractivity contribution in [1.29, 1.82) is 0 Å². The van der Waals surface area contributed by atoms with Crippen molar-refractivity contribution in [1.82, 2.24) is 9.55 Å². The molecular formula is C28H18N2. The van der Waals surface area contributed by atoms with Crippen LogP contribution < -0.4 is 0 Å². The van der Waals surface area contributed by atoms with Gasteiger partial charge in [-0.3, -0.25) is 0 Å². The first-order chi connectivity index (χ1) is 18.6. The van der Waals surface area contributed by atoms with E-state index in [1.807, 2.05) is 42.5 Å². The predicted molar refractivity (Wildman–Crippen MR) is 128 cm³/mol. The monoisotopic (exact) mass is 391 g/mol. The van der Waals surface area contributed by atoms with Gasteiger partial charge >= 0.3 is 0 Å². The van der Waals surface area contributed by atoms with Crippen LogP contribution in [0, 0.1) is 0 Å². The minimum atomic E-state index is -0.471. The highest BCUT2D eigenvalue weighted by atomic mass is 15.0. The Morgan fingerprint density at radius 2 is 1.47 bits per heavy atom. The summed E-state index contributed by atoms with van der Waals surface area (Å²) in [6, 6.07) is 12.3. The van der Waals surface area contributed by atoms with E-state index < -0.39 is 18.1 Å². The number of H-pyrrole nitrogens is 1. The molecule has 0 bridgehead atoms. The minimum absolute atomic E-state index is 0.0241. The number of benzene rings is 5. The molecule has 0 saturated carbocycles. The van der Waals surface area contributed by atoms with Crippen molar-refractivity contribution < 1.29 is 12.3 Å². The second-order valence-electron chi connectivity index (χ2n) is 7.28. The minimum Gasteiger partial charge on any atom is -0.354 e. The molecule has 0 saturated heterocycles. The van der Waals surface area contributed by atoms with Gasteiger partial charge in [0.1, 0.15) is 0 Å². The Hall–Kier alpha value is -4.04. The van der Waals surface area contributed by atoms with Crippen molar-refractivity contribution in [3.05, 3.63) is 103 Å². The first-order valence-corrected chi connectivity index (χ1v) is 9.56. The molecule has 7 aromatic rings. The molecule has 2 heteroatoms. The van der Waals surface area contributed by atoms with Crippen LogP contribution in [0.4, 0.5) is 0 Å². The van der Waals surface area contributed by atoms with E-state index >= 15 is 0 Å². The molecule has 30 heavy (non-hydrogen) atoms. The van der Waals surface area contributed by atoms with Crippen molar-refractivity contribution >= 4 is 54.4 Å². The maximum Gasteiger partial charge on any atom is 0.0645 e. The summed E-state index contributed by atoms with van der Waals surface area (Å²) >= 11 is 0. The SMILES string of the molecule is [2H]c1c([2H])c([2H])c(-n2c3cc4[nH]c5c([2H])c([2H])c([2H])c([2H])c5c4cc3c3c4ccccc4ccc32)c([2H])c1[2H]. The lowest BCUT2D eigenvalue weighted by molar-refractivity contribution is 1.18. The van der Waals surface area contributed by atoms with Gasteiger partial charge in [0, 0.05) is 38.3 Å². The number of nitrogens with zero attached hydrogens (tertiary/aromatic N) is 1. The Balaban J connectivity index is 1.77. The standard InChI is InChI=1S/C28H18N2/c1-2-9-19(10-3-1)30-26-15-14-18-8-4-5-11-20(18)28(26)23-16-22-21-12-6-7-13-24(21)29-25(22)17-27(23)30/h1-17,29H/i1D,2D,3D,6D,7D,9D,10D,12D,13D. The fourth-order valence-corrected chi connectivity index (χ4v) is 4.48. The van der Waals surface area contributed by atoms with E-state index in [0.717, 1.165) is 21.5 Å². The number of hydrogen-bond acceptors (Lipinski definition) is 0. The number of rotatable bonds is 1. The van der Waals surface area contributed by atoms with Gasteiger partial charge in [0.2, 0.25) is 0 Å². The van der Waals surface area contributed by atoms with Crippen molar-refractivity contribution in [2.24, 2.45) is 0 Å². The molecule has 0 radical (unpaired) electrons. The molecule has 0 unspecified atom stereocenters. The fourth-order valence-electron chi connectivity index (χ4n) is 4.48. The number of aromatic amines is 1. The first-order valence-electron chi connectivity index (χ1n) is 14.1. The molecule has 2 nitrogen and oxygen atoms in total. The fraction of sp³-hybridized carbons (Fsp3) is 0. The van der Waals surface area contributed by atoms with Crippen LogP contribution in [0.25, 0.3) is 60.1 Å². The summed E-state index contributed by atoms with van der Waals surface area (Å²) in [4.78, 5) is 3.15. The maximum absolute atomic E-state index is 8.69. The van der Waals surface area contributed by atoms with Crippen molar-refractivity contribution in [2.75, 3.05) is 0 Å². The number of aromatic nitrogens is 2. The van der Waals surface area contributed by atoms with E-state index in [-0.39, 0.29) is 47.5 Å². The zero-order chi connectivity index (χ0) is 27.5. The predicted octanol–water partition coefficient (Wildman–Crippen LogP) is 7.57. The van der Waals surface area contributed by atoms with E-state index in [2.05, 4.69) is 4.98 Å². The lowest BCUT2D eigenvalue weighted by Crippen LogP contribution is -1.93. The van der Waals surface area contributed by atoms with Gasteiger partial charge in [0.05, 0.1) is 23.4 Å². The molecule has 5 aromatic carbocycles. The Kier molecular flexibility index (Phi) is 1.84. The summed E-state index contributed by atoms with van der Waals surface area (Å²) in [5.74, 6) is 0. The molecule has 7 rings (SSSR count). The molecule has 1 N–H and O–H groups in total. The quantitative estimate of drug-likeness (QED) is 0.298. The molecule has 0 atom stereocenters. The molecule has 0 aliphatic heterocycles. The van der Waals surface area contributed by atoms with E-state index in [1.54, 1.807) is 10.6 Å². The average Bonchev–Trinajstić information content (AvgIpc) is 3.47. The summed E-state index contributed by atoms with van der Waals surface area (Å²) in [7, 11) is 0. The smallest absolute Gasteiger partial charge is 0.0645 e. The lowest BCUT2D eigenvalue weighted by atomic mass is 10.0. The van der Waals surface area contributed by atoms with Gasteiger partial charge in [0.15, 0.2) is 0 Å². The van der Waals surface area contributed by atoms with Crippen molar-refractivity contribution in [2.45, 2.75) is 0 Å². The Bertz CT molecular complexity index is 2200. The van der Waals surface area contributed by atoms with Gasteiger partial charge in [0.25, 0.3) is 0 Å². The molecule has 0 amide bonds. The Labute approximate surface area is 185 Å².